The zero-order valence-electron chi connectivity index (χ0n) is 13.8. The molecule has 0 aliphatic rings. The molecule has 1 aromatic heterocycles. The number of para-hydroxylation sites is 1. The first-order valence-electron chi connectivity index (χ1n) is 7.91. The van der Waals surface area contributed by atoms with Gasteiger partial charge in [0.15, 0.2) is 0 Å². The normalized spacial score (nSPS) is 11.5. The van der Waals surface area contributed by atoms with Crippen molar-refractivity contribution in [1.82, 2.24) is 9.78 Å². The van der Waals surface area contributed by atoms with Crippen LogP contribution in [-0.2, 0) is 12.6 Å². The lowest BCUT2D eigenvalue weighted by Crippen LogP contribution is -2.06. The molecule has 0 atom stereocenters. The van der Waals surface area contributed by atoms with Gasteiger partial charge < -0.3 is 5.11 Å². The van der Waals surface area contributed by atoms with Gasteiger partial charge in [-0.05, 0) is 30.7 Å². The van der Waals surface area contributed by atoms with E-state index in [4.69, 9.17) is 0 Å². The molecule has 0 saturated heterocycles. The molecule has 3 aromatic rings. The largest absolute Gasteiger partial charge is 0.478 e. The summed E-state index contributed by atoms with van der Waals surface area (Å²) in [6.45, 7) is 1.78. The molecule has 0 bridgehead atoms. The second-order valence-electron chi connectivity index (χ2n) is 5.65. The van der Waals surface area contributed by atoms with E-state index in [1.807, 2.05) is 6.07 Å². The third-order valence-corrected chi connectivity index (χ3v) is 3.99. The number of carboxylic acid groups (broad SMARTS) is 1. The van der Waals surface area contributed by atoms with Crippen LogP contribution in [0.3, 0.4) is 0 Å². The molecule has 2 aromatic carbocycles. The van der Waals surface area contributed by atoms with Gasteiger partial charge in [-0.1, -0.05) is 37.3 Å². The number of aromatic carboxylic acids is 1. The van der Waals surface area contributed by atoms with Crippen LogP contribution < -0.4 is 0 Å². The number of carboxylic acids is 1. The Kier molecular flexibility index (Phi) is 4.54. The van der Waals surface area contributed by atoms with Crippen LogP contribution in [0.2, 0.25) is 0 Å². The van der Waals surface area contributed by atoms with Gasteiger partial charge in [0, 0.05) is 5.56 Å². The fourth-order valence-electron chi connectivity index (χ4n) is 2.83. The minimum Gasteiger partial charge on any atom is -0.478 e. The van der Waals surface area contributed by atoms with Gasteiger partial charge in [0.1, 0.15) is 11.3 Å². The number of halogens is 3. The van der Waals surface area contributed by atoms with Crippen molar-refractivity contribution in [3.8, 4) is 16.9 Å². The smallest absolute Gasteiger partial charge is 0.416 e. The third kappa shape index (κ3) is 3.20. The van der Waals surface area contributed by atoms with E-state index >= 15 is 0 Å². The van der Waals surface area contributed by atoms with Crippen LogP contribution in [0.4, 0.5) is 13.2 Å². The van der Waals surface area contributed by atoms with Gasteiger partial charge in [0.2, 0.25) is 0 Å². The summed E-state index contributed by atoms with van der Waals surface area (Å²) in [7, 11) is 0. The van der Waals surface area contributed by atoms with Crippen LogP contribution >= 0.6 is 0 Å². The quantitative estimate of drug-likeness (QED) is 0.726. The van der Waals surface area contributed by atoms with Gasteiger partial charge in [0.25, 0.3) is 0 Å². The maximum absolute atomic E-state index is 13.0. The number of hydrogen-bond donors (Lipinski definition) is 1. The molecule has 0 aliphatic carbocycles. The van der Waals surface area contributed by atoms with E-state index in [1.165, 1.54) is 16.8 Å². The van der Waals surface area contributed by atoms with E-state index in [0.717, 1.165) is 12.1 Å². The summed E-state index contributed by atoms with van der Waals surface area (Å²) in [5.41, 5.74) is 0.265. The van der Waals surface area contributed by atoms with Crippen LogP contribution in [0, 0.1) is 0 Å². The average Bonchev–Trinajstić information content (AvgIpc) is 3.02. The molecule has 3 rings (SSSR count). The second-order valence-corrected chi connectivity index (χ2v) is 5.65. The van der Waals surface area contributed by atoms with Crippen LogP contribution in [0.15, 0.2) is 54.6 Å². The Bertz CT molecular complexity index is 947. The summed E-state index contributed by atoms with van der Waals surface area (Å²) in [6.07, 6.45) is -4.16. The first-order chi connectivity index (χ1) is 12.3. The highest BCUT2D eigenvalue weighted by Gasteiger charge is 2.31. The monoisotopic (exact) mass is 360 g/mol. The number of aromatic nitrogens is 2. The number of nitrogens with zero attached hydrogens (tertiary/aromatic N) is 2. The Balaban J connectivity index is 2.25. The molecule has 0 fully saturated rings. The maximum Gasteiger partial charge on any atom is 0.416 e. The Morgan fingerprint density at radius 2 is 1.81 bits per heavy atom. The van der Waals surface area contributed by atoms with Crippen LogP contribution in [-0.4, -0.2) is 20.9 Å². The van der Waals surface area contributed by atoms with Crippen LogP contribution in [0.1, 0.15) is 28.5 Å². The van der Waals surface area contributed by atoms with Crippen molar-refractivity contribution >= 4 is 5.97 Å². The summed E-state index contributed by atoms with van der Waals surface area (Å²) in [4.78, 5) is 11.8. The molecule has 134 valence electrons. The van der Waals surface area contributed by atoms with E-state index in [-0.39, 0.29) is 16.8 Å². The molecule has 0 radical (unpaired) electrons. The van der Waals surface area contributed by atoms with E-state index in [1.54, 1.807) is 31.2 Å². The maximum atomic E-state index is 13.0. The van der Waals surface area contributed by atoms with Crippen molar-refractivity contribution < 1.29 is 23.1 Å². The summed E-state index contributed by atoms with van der Waals surface area (Å²) >= 11 is 0. The summed E-state index contributed by atoms with van der Waals surface area (Å²) in [5.74, 6) is -1.23. The lowest BCUT2D eigenvalue weighted by atomic mass is 10.0. The number of alkyl halides is 3. The van der Waals surface area contributed by atoms with Crippen LogP contribution in [0.5, 0.6) is 0 Å². The summed E-state index contributed by atoms with van der Waals surface area (Å²) in [6, 6.07) is 13.4. The van der Waals surface area contributed by atoms with Crippen molar-refractivity contribution in [1.29, 1.82) is 0 Å². The second kappa shape index (κ2) is 6.67. The van der Waals surface area contributed by atoms with Gasteiger partial charge in [-0.15, -0.1) is 0 Å². The van der Waals surface area contributed by atoms with Crippen molar-refractivity contribution in [2.45, 2.75) is 19.5 Å². The van der Waals surface area contributed by atoms with Crippen LogP contribution in [0.25, 0.3) is 16.9 Å². The first kappa shape index (κ1) is 17.7. The minimum absolute atomic E-state index is 0.0179. The number of benzene rings is 2. The molecule has 0 unspecified atom stereocenters. The molecular weight excluding hydrogens is 345 g/mol. The minimum atomic E-state index is -4.52. The molecule has 4 nitrogen and oxygen atoms in total. The Morgan fingerprint density at radius 3 is 2.38 bits per heavy atom. The third-order valence-electron chi connectivity index (χ3n) is 3.99. The standard InChI is InChI=1S/C19H15F3N2O2/c1-2-15-16(18(25)26)17(23-24(15)14-9-4-3-5-10-14)12-7-6-8-13(11-12)19(20,21)22/h3-11H,2H2,1H3,(H,25,26). The highest BCUT2D eigenvalue weighted by atomic mass is 19.4. The van der Waals surface area contributed by atoms with E-state index in [0.29, 0.717) is 17.8 Å². The van der Waals surface area contributed by atoms with Crippen molar-refractivity contribution in [3.63, 3.8) is 0 Å². The lowest BCUT2D eigenvalue weighted by molar-refractivity contribution is -0.137. The van der Waals surface area contributed by atoms with E-state index in [9.17, 15) is 23.1 Å². The Labute approximate surface area is 147 Å². The Hall–Kier alpha value is -3.09. The topological polar surface area (TPSA) is 55.1 Å². The molecule has 1 N–H and O–H groups in total. The molecule has 0 saturated carbocycles. The fraction of sp³-hybridized carbons (Fsp3) is 0.158. The Morgan fingerprint density at radius 1 is 1.12 bits per heavy atom. The molecule has 7 heteroatoms. The van der Waals surface area contributed by atoms with Gasteiger partial charge in [-0.2, -0.15) is 18.3 Å². The van der Waals surface area contributed by atoms with E-state index < -0.39 is 17.7 Å². The zero-order valence-corrected chi connectivity index (χ0v) is 13.8. The first-order valence-corrected chi connectivity index (χ1v) is 7.91. The number of hydrogen-bond acceptors (Lipinski definition) is 2. The van der Waals surface area contributed by atoms with Gasteiger partial charge in [-0.3, -0.25) is 0 Å². The molecule has 26 heavy (non-hydrogen) atoms. The van der Waals surface area contributed by atoms with Crippen molar-refractivity contribution in [2.24, 2.45) is 0 Å². The predicted molar refractivity (Wildman–Crippen MR) is 90.3 cm³/mol. The van der Waals surface area contributed by atoms with Gasteiger partial charge >= 0.3 is 12.1 Å². The summed E-state index contributed by atoms with van der Waals surface area (Å²) in [5, 5.41) is 14.0. The zero-order chi connectivity index (χ0) is 18.9. The van der Waals surface area contributed by atoms with Gasteiger partial charge in [0.05, 0.1) is 16.9 Å². The van der Waals surface area contributed by atoms with Gasteiger partial charge in [-0.25, -0.2) is 9.48 Å². The molecule has 0 amide bonds. The van der Waals surface area contributed by atoms with Crippen molar-refractivity contribution in [2.75, 3.05) is 0 Å². The molecule has 0 aliphatic heterocycles. The molecule has 1 heterocycles. The highest BCUT2D eigenvalue weighted by molar-refractivity contribution is 5.96. The SMILES string of the molecule is CCc1c(C(=O)O)c(-c2cccc(C(F)(F)F)c2)nn1-c1ccccc1. The lowest BCUT2D eigenvalue weighted by Gasteiger charge is -2.08. The summed E-state index contributed by atoms with van der Waals surface area (Å²) < 4.78 is 40.5. The fourth-order valence-corrected chi connectivity index (χ4v) is 2.83. The number of rotatable bonds is 4. The van der Waals surface area contributed by atoms with E-state index in [2.05, 4.69) is 5.10 Å². The molecule has 0 spiro atoms. The van der Waals surface area contributed by atoms with Crippen molar-refractivity contribution in [3.05, 3.63) is 71.4 Å². The predicted octanol–water partition coefficient (Wildman–Crippen LogP) is 4.82. The number of carbonyl (C=O) groups is 1. The molecular formula is C19H15F3N2O2. The average molecular weight is 360 g/mol. The highest BCUT2D eigenvalue weighted by Crippen LogP contribution is 2.34.